The van der Waals surface area contributed by atoms with Crippen molar-refractivity contribution in [3.05, 3.63) is 28.2 Å². The maximum Gasteiger partial charge on any atom is 0.321 e. The minimum Gasteiger partial charge on any atom is -0.321 e. The van der Waals surface area contributed by atoms with Crippen molar-refractivity contribution in [3.8, 4) is 0 Å². The average molecular weight is 288 g/mol. The quantitative estimate of drug-likeness (QED) is 0.908. The van der Waals surface area contributed by atoms with E-state index in [0.717, 1.165) is 13.1 Å². The molecular formula is C12H15Cl2N3O. The second-order valence-corrected chi connectivity index (χ2v) is 5.48. The molecule has 2 rings (SSSR count). The van der Waals surface area contributed by atoms with Crippen molar-refractivity contribution >= 4 is 34.9 Å². The standard InChI is InChI=1S/C12H15Cl2N3O/c1-16(2)11-6-17(7-11)12(18)15-10-4-8(13)3-9(14)5-10/h3-5,11H,6-7H2,1-2H3,(H,15,18). The van der Waals surface area contributed by atoms with Gasteiger partial charge in [-0.05, 0) is 32.3 Å². The molecule has 98 valence electrons. The van der Waals surface area contributed by atoms with Gasteiger partial charge in [0.2, 0.25) is 0 Å². The molecule has 1 fully saturated rings. The Morgan fingerprint density at radius 3 is 2.33 bits per heavy atom. The highest BCUT2D eigenvalue weighted by atomic mass is 35.5. The maximum absolute atomic E-state index is 11.9. The fraction of sp³-hybridized carbons (Fsp3) is 0.417. The van der Waals surface area contributed by atoms with Crippen molar-refractivity contribution < 1.29 is 4.79 Å². The number of urea groups is 1. The Kier molecular flexibility index (Phi) is 4.00. The molecule has 0 unspecified atom stereocenters. The van der Waals surface area contributed by atoms with E-state index in [1.54, 1.807) is 23.1 Å². The summed E-state index contributed by atoms with van der Waals surface area (Å²) in [5.74, 6) is 0. The number of likely N-dealkylation sites (N-methyl/N-ethyl adjacent to an activating group) is 1. The van der Waals surface area contributed by atoms with Crippen LogP contribution in [0.3, 0.4) is 0 Å². The highest BCUT2D eigenvalue weighted by molar-refractivity contribution is 6.35. The predicted molar refractivity (Wildman–Crippen MR) is 74.5 cm³/mol. The van der Waals surface area contributed by atoms with Crippen LogP contribution in [0.4, 0.5) is 10.5 Å². The predicted octanol–water partition coefficient (Wildman–Crippen LogP) is 2.77. The molecule has 1 aromatic carbocycles. The molecule has 1 saturated heterocycles. The number of anilines is 1. The van der Waals surface area contributed by atoms with Gasteiger partial charge in [-0.15, -0.1) is 0 Å². The number of halogens is 2. The molecule has 1 aliphatic heterocycles. The van der Waals surface area contributed by atoms with Crippen molar-refractivity contribution in [2.45, 2.75) is 6.04 Å². The summed E-state index contributed by atoms with van der Waals surface area (Å²) < 4.78 is 0. The molecule has 0 atom stereocenters. The van der Waals surface area contributed by atoms with Crippen LogP contribution in [0.15, 0.2) is 18.2 Å². The van der Waals surface area contributed by atoms with E-state index >= 15 is 0 Å². The number of nitrogens with one attached hydrogen (secondary N) is 1. The lowest BCUT2D eigenvalue weighted by molar-refractivity contribution is 0.0942. The van der Waals surface area contributed by atoms with Crippen LogP contribution < -0.4 is 5.32 Å². The number of carbonyl (C=O) groups is 1. The molecule has 18 heavy (non-hydrogen) atoms. The van der Waals surface area contributed by atoms with Crippen LogP contribution in [0, 0.1) is 0 Å². The van der Waals surface area contributed by atoms with E-state index in [2.05, 4.69) is 10.2 Å². The van der Waals surface area contributed by atoms with Gasteiger partial charge in [-0.25, -0.2) is 4.79 Å². The van der Waals surface area contributed by atoms with E-state index in [-0.39, 0.29) is 6.03 Å². The Labute approximate surface area is 116 Å². The summed E-state index contributed by atoms with van der Waals surface area (Å²) in [4.78, 5) is 15.8. The first-order valence-corrected chi connectivity index (χ1v) is 6.40. The number of benzene rings is 1. The van der Waals surface area contributed by atoms with Crippen molar-refractivity contribution in [3.63, 3.8) is 0 Å². The molecule has 1 heterocycles. The van der Waals surface area contributed by atoms with Crippen LogP contribution in [0.1, 0.15) is 0 Å². The molecule has 0 aliphatic carbocycles. The van der Waals surface area contributed by atoms with Gasteiger partial charge in [0.15, 0.2) is 0 Å². The van der Waals surface area contributed by atoms with Crippen molar-refractivity contribution in [2.75, 3.05) is 32.5 Å². The minimum absolute atomic E-state index is 0.119. The number of hydrogen-bond acceptors (Lipinski definition) is 2. The van der Waals surface area contributed by atoms with Crippen LogP contribution in [0.5, 0.6) is 0 Å². The molecule has 4 nitrogen and oxygen atoms in total. The first-order chi connectivity index (χ1) is 8.45. The lowest BCUT2D eigenvalue weighted by atomic mass is 10.1. The largest absolute Gasteiger partial charge is 0.321 e. The van der Waals surface area contributed by atoms with E-state index in [1.165, 1.54) is 0 Å². The second kappa shape index (κ2) is 5.34. The molecule has 1 aliphatic rings. The molecular weight excluding hydrogens is 273 g/mol. The Morgan fingerprint density at radius 2 is 1.83 bits per heavy atom. The molecule has 1 aromatic rings. The Bertz CT molecular complexity index is 438. The van der Waals surface area contributed by atoms with Gasteiger partial charge < -0.3 is 15.1 Å². The summed E-state index contributed by atoms with van der Waals surface area (Å²) >= 11 is 11.7. The molecule has 0 radical (unpaired) electrons. The van der Waals surface area contributed by atoms with Crippen LogP contribution in [0.25, 0.3) is 0 Å². The normalized spacial score (nSPS) is 15.7. The zero-order chi connectivity index (χ0) is 13.3. The third-order valence-corrected chi connectivity index (χ3v) is 3.43. The van der Waals surface area contributed by atoms with Gasteiger partial charge in [0.1, 0.15) is 0 Å². The number of rotatable bonds is 2. The maximum atomic E-state index is 11.9. The van der Waals surface area contributed by atoms with Crippen molar-refractivity contribution in [1.82, 2.24) is 9.80 Å². The Morgan fingerprint density at radius 1 is 1.28 bits per heavy atom. The third-order valence-electron chi connectivity index (χ3n) is 2.99. The third kappa shape index (κ3) is 3.07. The van der Waals surface area contributed by atoms with Crippen LogP contribution in [-0.2, 0) is 0 Å². The summed E-state index contributed by atoms with van der Waals surface area (Å²) in [5.41, 5.74) is 0.616. The second-order valence-electron chi connectivity index (χ2n) is 4.61. The minimum atomic E-state index is -0.119. The van der Waals surface area contributed by atoms with E-state index in [0.29, 0.717) is 21.8 Å². The van der Waals surface area contributed by atoms with Gasteiger partial charge in [-0.2, -0.15) is 0 Å². The van der Waals surface area contributed by atoms with Crippen molar-refractivity contribution in [1.29, 1.82) is 0 Å². The molecule has 1 N–H and O–H groups in total. The molecule has 0 spiro atoms. The van der Waals surface area contributed by atoms with Crippen LogP contribution in [-0.4, -0.2) is 49.1 Å². The fourth-order valence-electron chi connectivity index (χ4n) is 1.78. The summed E-state index contributed by atoms with van der Waals surface area (Å²) in [6.45, 7) is 1.49. The molecule has 0 saturated carbocycles. The van der Waals surface area contributed by atoms with Gasteiger partial charge in [-0.3, -0.25) is 0 Å². The van der Waals surface area contributed by atoms with Gasteiger partial charge in [-0.1, -0.05) is 23.2 Å². The summed E-state index contributed by atoms with van der Waals surface area (Å²) in [5, 5.41) is 3.80. The molecule has 6 heteroatoms. The lowest BCUT2D eigenvalue weighted by Gasteiger charge is -2.42. The van der Waals surface area contributed by atoms with Crippen molar-refractivity contribution in [2.24, 2.45) is 0 Å². The molecule has 0 aromatic heterocycles. The van der Waals surface area contributed by atoms with E-state index < -0.39 is 0 Å². The van der Waals surface area contributed by atoms with Gasteiger partial charge in [0.05, 0.1) is 0 Å². The van der Waals surface area contributed by atoms with Crippen LogP contribution in [0.2, 0.25) is 10.0 Å². The molecule has 0 bridgehead atoms. The lowest BCUT2D eigenvalue weighted by Crippen LogP contribution is -2.60. The summed E-state index contributed by atoms with van der Waals surface area (Å²) in [6, 6.07) is 5.30. The topological polar surface area (TPSA) is 35.6 Å². The van der Waals surface area contributed by atoms with Crippen LogP contribution >= 0.6 is 23.2 Å². The van der Waals surface area contributed by atoms with E-state index in [4.69, 9.17) is 23.2 Å². The molecule has 2 amide bonds. The van der Waals surface area contributed by atoms with Gasteiger partial charge in [0.25, 0.3) is 0 Å². The number of nitrogens with zero attached hydrogens (tertiary/aromatic N) is 2. The highest BCUT2D eigenvalue weighted by Crippen LogP contribution is 2.23. The number of hydrogen-bond donors (Lipinski definition) is 1. The number of carbonyl (C=O) groups excluding carboxylic acids is 1. The summed E-state index contributed by atoms with van der Waals surface area (Å²) in [6.07, 6.45) is 0. The number of likely N-dealkylation sites (tertiary alicyclic amines) is 1. The SMILES string of the molecule is CN(C)C1CN(C(=O)Nc2cc(Cl)cc(Cl)c2)C1. The van der Waals surface area contributed by atoms with E-state index in [9.17, 15) is 4.79 Å². The monoisotopic (exact) mass is 287 g/mol. The average Bonchev–Trinajstić information content (AvgIpc) is 2.11. The smallest absolute Gasteiger partial charge is 0.321 e. The Hall–Kier alpha value is -0.970. The van der Waals surface area contributed by atoms with Gasteiger partial charge >= 0.3 is 6.03 Å². The first-order valence-electron chi connectivity index (χ1n) is 5.64. The summed E-state index contributed by atoms with van der Waals surface area (Å²) in [7, 11) is 4.02. The number of amides is 2. The fourth-order valence-corrected chi connectivity index (χ4v) is 2.30. The Balaban J connectivity index is 1.92. The first kappa shape index (κ1) is 13.5. The highest BCUT2D eigenvalue weighted by Gasteiger charge is 2.31. The zero-order valence-corrected chi connectivity index (χ0v) is 11.8. The zero-order valence-electron chi connectivity index (χ0n) is 10.3. The van der Waals surface area contributed by atoms with Gasteiger partial charge in [0, 0.05) is 34.9 Å². The van der Waals surface area contributed by atoms with E-state index in [1.807, 2.05) is 14.1 Å².